The molecule has 0 aliphatic heterocycles. The highest BCUT2D eigenvalue weighted by atomic mass is 16.2. The molecule has 4 nitrogen and oxygen atoms in total. The number of carbonyl (C=O) groups excluding carboxylic acids is 2. The number of rotatable bonds is 6. The molecule has 0 atom stereocenters. The molecule has 1 aliphatic rings. The minimum absolute atomic E-state index is 0.0131. The van der Waals surface area contributed by atoms with Crippen LogP contribution in [-0.4, -0.2) is 29.8 Å². The second kappa shape index (κ2) is 9.36. The number of para-hydroxylation sites is 1. The van der Waals surface area contributed by atoms with Crippen molar-refractivity contribution in [2.75, 3.05) is 12.4 Å². The topological polar surface area (TPSA) is 49.4 Å². The van der Waals surface area contributed by atoms with E-state index in [1.54, 1.807) is 6.07 Å². The average Bonchev–Trinajstić information content (AvgIpc) is 2.73. The van der Waals surface area contributed by atoms with Crippen LogP contribution < -0.4 is 5.32 Å². The average molecular weight is 364 g/mol. The quantitative estimate of drug-likeness (QED) is 0.810. The molecule has 0 saturated heterocycles. The maximum Gasteiger partial charge on any atom is 0.255 e. The van der Waals surface area contributed by atoms with E-state index >= 15 is 0 Å². The van der Waals surface area contributed by atoms with E-state index in [-0.39, 0.29) is 11.8 Å². The first kappa shape index (κ1) is 19.2. The van der Waals surface area contributed by atoms with Crippen molar-refractivity contribution in [1.82, 2.24) is 4.90 Å². The monoisotopic (exact) mass is 364 g/mol. The number of hydrogen-bond acceptors (Lipinski definition) is 2. The molecule has 1 saturated carbocycles. The second-order valence-corrected chi connectivity index (χ2v) is 7.29. The van der Waals surface area contributed by atoms with Gasteiger partial charge in [0.2, 0.25) is 5.91 Å². The van der Waals surface area contributed by atoms with Gasteiger partial charge in [-0.2, -0.15) is 0 Å². The zero-order valence-corrected chi connectivity index (χ0v) is 16.0. The van der Waals surface area contributed by atoms with Crippen molar-refractivity contribution in [2.45, 2.75) is 51.0 Å². The molecule has 2 amide bonds. The third-order valence-corrected chi connectivity index (χ3v) is 5.36. The van der Waals surface area contributed by atoms with Crippen molar-refractivity contribution in [3.8, 4) is 0 Å². The summed E-state index contributed by atoms with van der Waals surface area (Å²) in [5.74, 6) is -0.0831. The zero-order chi connectivity index (χ0) is 19.1. The Morgan fingerprint density at radius 2 is 1.63 bits per heavy atom. The van der Waals surface area contributed by atoms with Crippen LogP contribution in [0.2, 0.25) is 0 Å². The van der Waals surface area contributed by atoms with Gasteiger partial charge >= 0.3 is 0 Å². The van der Waals surface area contributed by atoms with Crippen LogP contribution in [-0.2, 0) is 11.2 Å². The van der Waals surface area contributed by atoms with Crippen molar-refractivity contribution < 1.29 is 9.59 Å². The van der Waals surface area contributed by atoms with Crippen LogP contribution in [0.4, 0.5) is 5.69 Å². The highest BCUT2D eigenvalue weighted by Gasteiger charge is 2.24. The smallest absolute Gasteiger partial charge is 0.255 e. The van der Waals surface area contributed by atoms with E-state index in [0.717, 1.165) is 18.4 Å². The summed E-state index contributed by atoms with van der Waals surface area (Å²) in [5, 5.41) is 2.93. The van der Waals surface area contributed by atoms with Crippen LogP contribution in [0, 0.1) is 0 Å². The highest BCUT2D eigenvalue weighted by Crippen LogP contribution is 2.25. The molecular formula is C23H28N2O2. The van der Waals surface area contributed by atoms with E-state index in [1.165, 1.54) is 19.3 Å². The summed E-state index contributed by atoms with van der Waals surface area (Å²) in [6, 6.07) is 17.6. The number of carbonyl (C=O) groups is 2. The van der Waals surface area contributed by atoms with Crippen LogP contribution in [0.25, 0.3) is 0 Å². The number of benzene rings is 2. The lowest BCUT2D eigenvalue weighted by Crippen LogP contribution is -2.38. The fraction of sp³-hybridized carbons (Fsp3) is 0.391. The van der Waals surface area contributed by atoms with Gasteiger partial charge in [0.25, 0.3) is 5.91 Å². The van der Waals surface area contributed by atoms with Crippen molar-refractivity contribution in [3.63, 3.8) is 0 Å². The summed E-state index contributed by atoms with van der Waals surface area (Å²) in [6.45, 7) is 0. The summed E-state index contributed by atoms with van der Waals surface area (Å²) in [5.41, 5.74) is 2.30. The van der Waals surface area contributed by atoms with E-state index < -0.39 is 0 Å². The van der Waals surface area contributed by atoms with Gasteiger partial charge in [0, 0.05) is 19.5 Å². The standard InChI is InChI=1S/C23H28N2O2/c1-25(19-12-6-3-7-13-19)23(27)20-14-8-9-15-21(20)24-22(26)17-16-18-10-4-2-5-11-18/h2,4-5,8-11,14-15,19H,3,6-7,12-13,16-17H2,1H3,(H,24,26). The van der Waals surface area contributed by atoms with Crippen molar-refractivity contribution in [3.05, 3.63) is 65.7 Å². The van der Waals surface area contributed by atoms with Gasteiger partial charge in [0.1, 0.15) is 0 Å². The van der Waals surface area contributed by atoms with E-state index in [4.69, 9.17) is 0 Å². The highest BCUT2D eigenvalue weighted by molar-refractivity contribution is 6.03. The lowest BCUT2D eigenvalue weighted by Gasteiger charge is -2.31. The molecular weight excluding hydrogens is 336 g/mol. The molecule has 1 N–H and O–H groups in total. The summed E-state index contributed by atoms with van der Waals surface area (Å²) in [6.07, 6.45) is 6.82. The summed E-state index contributed by atoms with van der Waals surface area (Å²) >= 11 is 0. The molecule has 0 unspecified atom stereocenters. The first-order valence-corrected chi connectivity index (χ1v) is 9.85. The Hall–Kier alpha value is -2.62. The predicted molar refractivity (Wildman–Crippen MR) is 109 cm³/mol. The van der Waals surface area contributed by atoms with Crippen LogP contribution >= 0.6 is 0 Å². The Morgan fingerprint density at radius 3 is 2.37 bits per heavy atom. The number of nitrogens with one attached hydrogen (secondary N) is 1. The van der Waals surface area contributed by atoms with Gasteiger partial charge in [-0.25, -0.2) is 0 Å². The Balaban J connectivity index is 1.64. The van der Waals surface area contributed by atoms with Gasteiger partial charge in [-0.3, -0.25) is 9.59 Å². The van der Waals surface area contributed by atoms with Crippen LogP contribution in [0.15, 0.2) is 54.6 Å². The Labute approximate surface area is 161 Å². The fourth-order valence-electron chi connectivity index (χ4n) is 3.72. The molecule has 0 radical (unpaired) electrons. The van der Waals surface area contributed by atoms with Crippen LogP contribution in [0.5, 0.6) is 0 Å². The minimum Gasteiger partial charge on any atom is -0.339 e. The first-order valence-electron chi connectivity index (χ1n) is 9.85. The molecule has 1 aliphatic carbocycles. The third kappa shape index (κ3) is 5.19. The van der Waals surface area contributed by atoms with E-state index in [0.29, 0.717) is 30.1 Å². The van der Waals surface area contributed by atoms with Gasteiger partial charge in [-0.15, -0.1) is 0 Å². The number of aryl methyl sites for hydroxylation is 1. The maximum absolute atomic E-state index is 13.0. The van der Waals surface area contributed by atoms with Gasteiger partial charge in [0.15, 0.2) is 0 Å². The molecule has 4 heteroatoms. The molecule has 0 bridgehead atoms. The number of amides is 2. The summed E-state index contributed by atoms with van der Waals surface area (Å²) in [7, 11) is 1.88. The third-order valence-electron chi connectivity index (χ3n) is 5.36. The predicted octanol–water partition coefficient (Wildman–Crippen LogP) is 4.66. The van der Waals surface area contributed by atoms with E-state index in [9.17, 15) is 9.59 Å². The Bertz CT molecular complexity index is 767. The SMILES string of the molecule is CN(C(=O)c1ccccc1NC(=O)CCc1ccccc1)C1CCCCC1. The van der Waals surface area contributed by atoms with Gasteiger partial charge in [-0.05, 0) is 37.0 Å². The Kier molecular flexibility index (Phi) is 6.64. The normalized spacial score (nSPS) is 14.6. The molecule has 0 aromatic heterocycles. The summed E-state index contributed by atoms with van der Waals surface area (Å²) in [4.78, 5) is 27.3. The number of anilines is 1. The minimum atomic E-state index is -0.0700. The van der Waals surface area contributed by atoms with Crippen molar-refractivity contribution in [1.29, 1.82) is 0 Å². The first-order chi connectivity index (χ1) is 13.1. The molecule has 0 spiro atoms. The molecule has 1 fully saturated rings. The van der Waals surface area contributed by atoms with Crippen molar-refractivity contribution >= 4 is 17.5 Å². The summed E-state index contributed by atoms with van der Waals surface area (Å²) < 4.78 is 0. The largest absolute Gasteiger partial charge is 0.339 e. The molecule has 27 heavy (non-hydrogen) atoms. The maximum atomic E-state index is 13.0. The second-order valence-electron chi connectivity index (χ2n) is 7.29. The van der Waals surface area contributed by atoms with Crippen LogP contribution in [0.3, 0.4) is 0 Å². The molecule has 142 valence electrons. The lowest BCUT2D eigenvalue weighted by molar-refractivity contribution is -0.116. The zero-order valence-electron chi connectivity index (χ0n) is 16.0. The molecule has 3 rings (SSSR count). The van der Waals surface area contributed by atoms with E-state index in [1.807, 2.05) is 60.5 Å². The fourth-order valence-corrected chi connectivity index (χ4v) is 3.72. The lowest BCUT2D eigenvalue weighted by atomic mass is 9.94. The number of nitrogens with zero attached hydrogens (tertiary/aromatic N) is 1. The molecule has 2 aromatic carbocycles. The van der Waals surface area contributed by atoms with Crippen molar-refractivity contribution in [2.24, 2.45) is 0 Å². The van der Waals surface area contributed by atoms with Gasteiger partial charge in [-0.1, -0.05) is 61.7 Å². The molecule has 0 heterocycles. The Morgan fingerprint density at radius 1 is 0.963 bits per heavy atom. The number of hydrogen-bond donors (Lipinski definition) is 1. The van der Waals surface area contributed by atoms with Gasteiger partial charge < -0.3 is 10.2 Å². The van der Waals surface area contributed by atoms with Gasteiger partial charge in [0.05, 0.1) is 11.3 Å². The van der Waals surface area contributed by atoms with E-state index in [2.05, 4.69) is 5.32 Å². The molecule has 2 aromatic rings. The van der Waals surface area contributed by atoms with Crippen LogP contribution in [0.1, 0.15) is 54.4 Å².